The van der Waals surface area contributed by atoms with Crippen LogP contribution >= 0.6 is 11.3 Å². The van der Waals surface area contributed by atoms with Crippen LogP contribution < -0.4 is 5.73 Å². The Morgan fingerprint density at radius 2 is 2.25 bits per heavy atom. The molecule has 0 aliphatic carbocycles. The lowest BCUT2D eigenvalue weighted by atomic mass is 10.2. The van der Waals surface area contributed by atoms with Crippen LogP contribution in [0.15, 0.2) is 23.0 Å². The molecule has 2 rings (SSSR count). The van der Waals surface area contributed by atoms with Gasteiger partial charge in [0.1, 0.15) is 5.82 Å². The minimum absolute atomic E-state index is 0.790. The molecule has 0 unspecified atom stereocenters. The molecule has 0 saturated heterocycles. The van der Waals surface area contributed by atoms with Crippen molar-refractivity contribution in [2.45, 2.75) is 25.7 Å². The third-order valence-electron chi connectivity index (χ3n) is 2.58. The first-order valence-electron chi connectivity index (χ1n) is 5.66. The Bertz CT molecular complexity index is 406. The number of unbranched alkanes of at least 4 members (excludes halogenated alkanes) is 2. The average molecular weight is 235 g/mol. The number of aromatic amines is 1. The van der Waals surface area contributed by atoms with Gasteiger partial charge in [0.2, 0.25) is 0 Å². The smallest absolute Gasteiger partial charge is 0.106 e. The van der Waals surface area contributed by atoms with Gasteiger partial charge in [-0.15, -0.1) is 0 Å². The minimum atomic E-state index is 0.790. The first-order valence-corrected chi connectivity index (χ1v) is 6.61. The highest BCUT2D eigenvalue weighted by atomic mass is 32.1. The van der Waals surface area contributed by atoms with Crippen molar-refractivity contribution in [3.8, 4) is 11.3 Å². The molecular formula is C12H17N3S. The van der Waals surface area contributed by atoms with E-state index in [1.807, 2.05) is 6.20 Å². The summed E-state index contributed by atoms with van der Waals surface area (Å²) in [7, 11) is 0. The van der Waals surface area contributed by atoms with Crippen LogP contribution in [0.25, 0.3) is 11.3 Å². The van der Waals surface area contributed by atoms with E-state index in [2.05, 4.69) is 26.8 Å². The van der Waals surface area contributed by atoms with Crippen molar-refractivity contribution in [3.63, 3.8) is 0 Å². The number of nitrogens with two attached hydrogens (primary N) is 1. The summed E-state index contributed by atoms with van der Waals surface area (Å²) >= 11 is 1.71. The molecule has 2 aromatic heterocycles. The second-order valence-electron chi connectivity index (χ2n) is 3.85. The van der Waals surface area contributed by atoms with Crippen LogP contribution in [-0.2, 0) is 6.42 Å². The van der Waals surface area contributed by atoms with Crippen LogP contribution in [0.3, 0.4) is 0 Å². The monoisotopic (exact) mass is 235 g/mol. The van der Waals surface area contributed by atoms with Gasteiger partial charge in [-0.2, -0.15) is 11.3 Å². The van der Waals surface area contributed by atoms with Gasteiger partial charge in [-0.25, -0.2) is 4.98 Å². The molecule has 0 bridgehead atoms. The van der Waals surface area contributed by atoms with Gasteiger partial charge in [-0.05, 0) is 30.8 Å². The number of hydrogen-bond donors (Lipinski definition) is 2. The summed E-state index contributed by atoms with van der Waals surface area (Å²) in [5, 5.41) is 4.21. The second-order valence-corrected chi connectivity index (χ2v) is 4.63. The van der Waals surface area contributed by atoms with E-state index in [1.165, 1.54) is 12.0 Å². The number of aryl methyl sites for hydroxylation is 1. The number of rotatable bonds is 6. The maximum atomic E-state index is 5.45. The standard InChI is InChI=1S/C12H17N3S/c13-6-3-1-2-4-12-14-8-11(15-12)10-5-7-16-9-10/h5,7-9H,1-4,6,13H2,(H,14,15). The van der Waals surface area contributed by atoms with Crippen molar-refractivity contribution >= 4 is 11.3 Å². The Morgan fingerprint density at radius 3 is 3.00 bits per heavy atom. The first-order chi connectivity index (χ1) is 7.90. The van der Waals surface area contributed by atoms with Gasteiger partial charge in [0.25, 0.3) is 0 Å². The Labute approximate surface area is 99.7 Å². The van der Waals surface area contributed by atoms with E-state index in [0.717, 1.165) is 37.3 Å². The lowest BCUT2D eigenvalue weighted by Gasteiger charge is -1.96. The van der Waals surface area contributed by atoms with Crippen LogP contribution in [0, 0.1) is 0 Å². The lowest BCUT2D eigenvalue weighted by molar-refractivity contribution is 0.673. The van der Waals surface area contributed by atoms with Gasteiger partial charge in [-0.1, -0.05) is 6.42 Å². The fourth-order valence-corrected chi connectivity index (χ4v) is 2.32. The Morgan fingerprint density at radius 1 is 1.31 bits per heavy atom. The van der Waals surface area contributed by atoms with Gasteiger partial charge >= 0.3 is 0 Å². The molecule has 2 heterocycles. The van der Waals surface area contributed by atoms with Crippen LogP contribution in [0.2, 0.25) is 0 Å². The molecule has 0 atom stereocenters. The molecule has 0 aromatic carbocycles. The maximum Gasteiger partial charge on any atom is 0.106 e. The summed E-state index contributed by atoms with van der Waals surface area (Å²) < 4.78 is 0. The van der Waals surface area contributed by atoms with E-state index in [0.29, 0.717) is 0 Å². The predicted octanol–water partition coefficient (Wildman–Crippen LogP) is 2.81. The largest absolute Gasteiger partial charge is 0.342 e. The van der Waals surface area contributed by atoms with Crippen molar-refractivity contribution in [2.75, 3.05) is 6.54 Å². The van der Waals surface area contributed by atoms with Gasteiger partial charge in [0.05, 0.1) is 11.9 Å². The molecule has 4 heteroatoms. The summed E-state index contributed by atoms with van der Waals surface area (Å²) in [5.74, 6) is 1.08. The normalized spacial score (nSPS) is 10.8. The lowest BCUT2D eigenvalue weighted by Crippen LogP contribution is -1.98. The van der Waals surface area contributed by atoms with Crippen molar-refractivity contribution in [2.24, 2.45) is 5.73 Å². The zero-order chi connectivity index (χ0) is 11.2. The van der Waals surface area contributed by atoms with E-state index in [1.54, 1.807) is 11.3 Å². The fraction of sp³-hybridized carbons (Fsp3) is 0.417. The molecule has 0 radical (unpaired) electrons. The van der Waals surface area contributed by atoms with Crippen molar-refractivity contribution in [1.29, 1.82) is 0 Å². The van der Waals surface area contributed by atoms with Crippen LogP contribution in [0.1, 0.15) is 25.1 Å². The van der Waals surface area contributed by atoms with E-state index in [4.69, 9.17) is 5.73 Å². The molecule has 3 N–H and O–H groups in total. The molecule has 0 aliphatic rings. The van der Waals surface area contributed by atoms with Crippen LogP contribution in [-0.4, -0.2) is 16.5 Å². The number of H-pyrrole nitrogens is 1. The Kier molecular flexibility index (Phi) is 4.13. The van der Waals surface area contributed by atoms with E-state index in [9.17, 15) is 0 Å². The van der Waals surface area contributed by atoms with Gasteiger partial charge in [0, 0.05) is 17.4 Å². The molecule has 0 aliphatic heterocycles. The number of nitrogens with one attached hydrogen (secondary N) is 1. The maximum absolute atomic E-state index is 5.45. The quantitative estimate of drug-likeness (QED) is 0.756. The van der Waals surface area contributed by atoms with Gasteiger partial charge < -0.3 is 10.7 Å². The van der Waals surface area contributed by atoms with Crippen molar-refractivity contribution < 1.29 is 0 Å². The first kappa shape index (κ1) is 11.4. The second kappa shape index (κ2) is 5.82. The molecule has 0 saturated carbocycles. The van der Waals surface area contributed by atoms with Crippen molar-refractivity contribution in [1.82, 2.24) is 9.97 Å². The average Bonchev–Trinajstić information content (AvgIpc) is 2.94. The van der Waals surface area contributed by atoms with E-state index in [-0.39, 0.29) is 0 Å². The van der Waals surface area contributed by atoms with Gasteiger partial charge in [-0.3, -0.25) is 0 Å². The molecular weight excluding hydrogens is 218 g/mol. The fourth-order valence-electron chi connectivity index (χ4n) is 1.67. The number of hydrogen-bond acceptors (Lipinski definition) is 3. The summed E-state index contributed by atoms with van der Waals surface area (Å²) in [6.07, 6.45) is 6.39. The molecule has 3 nitrogen and oxygen atoms in total. The summed E-state index contributed by atoms with van der Waals surface area (Å²) in [6.45, 7) is 0.790. The number of aromatic nitrogens is 2. The number of thiophene rings is 1. The zero-order valence-corrected chi connectivity index (χ0v) is 10.1. The van der Waals surface area contributed by atoms with E-state index >= 15 is 0 Å². The highest BCUT2D eigenvalue weighted by Crippen LogP contribution is 2.20. The summed E-state index contributed by atoms with van der Waals surface area (Å²) in [4.78, 5) is 7.74. The van der Waals surface area contributed by atoms with Crippen LogP contribution in [0.5, 0.6) is 0 Å². The Balaban J connectivity index is 1.88. The SMILES string of the molecule is NCCCCCc1ncc(-c2ccsc2)[nH]1. The summed E-state index contributed by atoms with van der Waals surface area (Å²) in [5.41, 5.74) is 7.80. The zero-order valence-electron chi connectivity index (χ0n) is 9.28. The molecule has 0 fully saturated rings. The summed E-state index contributed by atoms with van der Waals surface area (Å²) in [6, 6.07) is 2.11. The number of nitrogens with zero attached hydrogens (tertiary/aromatic N) is 1. The van der Waals surface area contributed by atoms with E-state index < -0.39 is 0 Å². The third kappa shape index (κ3) is 2.93. The van der Waals surface area contributed by atoms with Crippen LogP contribution in [0.4, 0.5) is 0 Å². The molecule has 2 aromatic rings. The van der Waals surface area contributed by atoms with Gasteiger partial charge in [0.15, 0.2) is 0 Å². The highest BCUT2D eigenvalue weighted by molar-refractivity contribution is 7.08. The minimum Gasteiger partial charge on any atom is -0.342 e. The molecule has 0 spiro atoms. The highest BCUT2D eigenvalue weighted by Gasteiger charge is 2.03. The molecule has 0 amide bonds. The Hall–Kier alpha value is -1.13. The molecule has 86 valence electrons. The third-order valence-corrected chi connectivity index (χ3v) is 3.26. The topological polar surface area (TPSA) is 54.7 Å². The van der Waals surface area contributed by atoms with Crippen molar-refractivity contribution in [3.05, 3.63) is 28.8 Å². The molecule has 16 heavy (non-hydrogen) atoms. The predicted molar refractivity (Wildman–Crippen MR) is 68.5 cm³/mol. The number of imidazole rings is 1.